The van der Waals surface area contributed by atoms with Crippen LogP contribution in [0.2, 0.25) is 0 Å². The first kappa shape index (κ1) is 12.3. The second kappa shape index (κ2) is 6.68. The van der Waals surface area contributed by atoms with Crippen LogP contribution in [-0.4, -0.2) is 5.97 Å². The Balaban J connectivity index is 2.69. The van der Waals surface area contributed by atoms with Crippen LogP contribution in [0, 0.1) is 12.3 Å². The number of hydrogen-bond donors (Lipinski definition) is 0. The van der Waals surface area contributed by atoms with Gasteiger partial charge in [-0.2, -0.15) is 0 Å². The van der Waals surface area contributed by atoms with Crippen molar-refractivity contribution >= 4 is 5.97 Å². The maximum absolute atomic E-state index is 11.4. The van der Waals surface area contributed by atoms with E-state index in [0.29, 0.717) is 12.8 Å². The molecule has 0 aliphatic carbocycles. The largest absolute Gasteiger partial charge is 0.456 e. The van der Waals surface area contributed by atoms with Gasteiger partial charge in [0.15, 0.2) is 0 Å². The first-order valence-electron chi connectivity index (χ1n) is 5.45. The standard InChI is InChI=1S/C14H16O2/c1-3-8-13(16-14(15)9-4-2)12-10-6-5-7-11-12/h1,5-7,10-11,13H,4,8-9H2,2H3/t13-/m1/s1. The molecule has 0 saturated heterocycles. The molecule has 1 rings (SSSR count). The van der Waals surface area contributed by atoms with Gasteiger partial charge in [-0.05, 0) is 12.0 Å². The molecule has 1 aromatic rings. The summed E-state index contributed by atoms with van der Waals surface area (Å²) in [7, 11) is 0. The van der Waals surface area contributed by atoms with Crippen molar-refractivity contribution in [3.63, 3.8) is 0 Å². The minimum atomic E-state index is -0.315. The zero-order chi connectivity index (χ0) is 11.8. The lowest BCUT2D eigenvalue weighted by Crippen LogP contribution is -2.10. The molecule has 0 N–H and O–H groups in total. The Labute approximate surface area is 96.6 Å². The van der Waals surface area contributed by atoms with Crippen molar-refractivity contribution in [2.24, 2.45) is 0 Å². The van der Waals surface area contributed by atoms with Gasteiger partial charge in [0.05, 0.1) is 6.42 Å². The number of hydrogen-bond acceptors (Lipinski definition) is 2. The van der Waals surface area contributed by atoms with Crippen molar-refractivity contribution in [3.8, 4) is 12.3 Å². The highest BCUT2D eigenvalue weighted by Crippen LogP contribution is 2.21. The summed E-state index contributed by atoms with van der Waals surface area (Å²) in [6.07, 6.45) is 6.60. The maximum atomic E-state index is 11.4. The average molecular weight is 216 g/mol. The van der Waals surface area contributed by atoms with Gasteiger partial charge in [0.25, 0.3) is 0 Å². The van der Waals surface area contributed by atoms with Crippen molar-refractivity contribution in [3.05, 3.63) is 35.9 Å². The third-order valence-electron chi connectivity index (χ3n) is 2.20. The highest BCUT2D eigenvalue weighted by Gasteiger charge is 2.14. The normalized spacial score (nSPS) is 11.5. The molecule has 1 aromatic carbocycles. The number of terminal acetylenes is 1. The SMILES string of the molecule is C#CC[C@@H](OC(=O)CCC)c1ccccc1. The summed E-state index contributed by atoms with van der Waals surface area (Å²) in [6.45, 7) is 1.94. The average Bonchev–Trinajstić information content (AvgIpc) is 2.30. The van der Waals surface area contributed by atoms with E-state index in [2.05, 4.69) is 5.92 Å². The first-order chi connectivity index (χ1) is 7.77. The topological polar surface area (TPSA) is 26.3 Å². The molecule has 0 aliphatic rings. The number of rotatable bonds is 5. The molecule has 0 aromatic heterocycles. The molecule has 0 fully saturated rings. The van der Waals surface area contributed by atoms with Crippen LogP contribution in [0.1, 0.15) is 37.9 Å². The minimum absolute atomic E-state index is 0.188. The number of carbonyl (C=O) groups excluding carboxylic acids is 1. The Bertz CT molecular complexity index is 362. The van der Waals surface area contributed by atoms with E-state index < -0.39 is 0 Å². The molecule has 0 aliphatic heterocycles. The molecule has 2 heteroatoms. The Morgan fingerprint density at radius 3 is 2.69 bits per heavy atom. The van der Waals surface area contributed by atoms with Crippen LogP contribution in [0.3, 0.4) is 0 Å². The van der Waals surface area contributed by atoms with Gasteiger partial charge in [-0.3, -0.25) is 4.79 Å². The van der Waals surface area contributed by atoms with Gasteiger partial charge in [0.1, 0.15) is 6.10 Å². The van der Waals surface area contributed by atoms with Gasteiger partial charge in [-0.1, -0.05) is 37.3 Å². The predicted molar refractivity (Wildman–Crippen MR) is 63.6 cm³/mol. The van der Waals surface area contributed by atoms with Gasteiger partial charge >= 0.3 is 5.97 Å². The fourth-order valence-corrected chi connectivity index (χ4v) is 1.42. The van der Waals surface area contributed by atoms with Gasteiger partial charge in [-0.25, -0.2) is 0 Å². The van der Waals surface area contributed by atoms with Crippen LogP contribution in [0.4, 0.5) is 0 Å². The third kappa shape index (κ3) is 3.78. The van der Waals surface area contributed by atoms with Crippen LogP contribution in [0.5, 0.6) is 0 Å². The second-order valence-electron chi connectivity index (χ2n) is 3.55. The van der Waals surface area contributed by atoms with E-state index in [0.717, 1.165) is 12.0 Å². The highest BCUT2D eigenvalue weighted by molar-refractivity contribution is 5.69. The minimum Gasteiger partial charge on any atom is -0.456 e. The molecule has 2 nitrogen and oxygen atoms in total. The van der Waals surface area contributed by atoms with Crippen molar-refractivity contribution in [2.45, 2.75) is 32.3 Å². The number of esters is 1. The smallest absolute Gasteiger partial charge is 0.306 e. The van der Waals surface area contributed by atoms with Crippen molar-refractivity contribution < 1.29 is 9.53 Å². The van der Waals surface area contributed by atoms with Crippen molar-refractivity contribution in [1.82, 2.24) is 0 Å². The molecule has 0 unspecified atom stereocenters. The molecule has 0 radical (unpaired) electrons. The summed E-state index contributed by atoms with van der Waals surface area (Å²) in [5.41, 5.74) is 0.949. The van der Waals surface area contributed by atoms with E-state index in [1.165, 1.54) is 0 Å². The molecular formula is C14H16O2. The molecule has 0 saturated carbocycles. The molecule has 0 bridgehead atoms. The van der Waals surface area contributed by atoms with E-state index in [4.69, 9.17) is 11.2 Å². The van der Waals surface area contributed by atoms with Gasteiger partial charge < -0.3 is 4.74 Å². The molecule has 84 valence electrons. The molecule has 1 atom stereocenters. The second-order valence-corrected chi connectivity index (χ2v) is 3.55. The summed E-state index contributed by atoms with van der Waals surface area (Å²) in [6, 6.07) is 9.58. The van der Waals surface area contributed by atoms with Crippen LogP contribution >= 0.6 is 0 Å². The first-order valence-corrected chi connectivity index (χ1v) is 5.45. The van der Waals surface area contributed by atoms with E-state index in [1.54, 1.807) is 0 Å². The van der Waals surface area contributed by atoms with E-state index in [-0.39, 0.29) is 12.1 Å². The fourth-order valence-electron chi connectivity index (χ4n) is 1.42. The molecule has 0 amide bonds. The lowest BCUT2D eigenvalue weighted by Gasteiger charge is -2.15. The summed E-state index contributed by atoms with van der Waals surface area (Å²) in [4.78, 5) is 11.4. The number of benzene rings is 1. The van der Waals surface area contributed by atoms with Gasteiger partial charge in [0.2, 0.25) is 0 Å². The Hall–Kier alpha value is -1.75. The number of ether oxygens (including phenoxy) is 1. The van der Waals surface area contributed by atoms with E-state index in [9.17, 15) is 4.79 Å². The third-order valence-corrected chi connectivity index (χ3v) is 2.20. The summed E-state index contributed by atoms with van der Waals surface area (Å²) >= 11 is 0. The zero-order valence-corrected chi connectivity index (χ0v) is 9.48. The van der Waals surface area contributed by atoms with Crippen molar-refractivity contribution in [2.75, 3.05) is 0 Å². The van der Waals surface area contributed by atoms with Crippen LogP contribution in [0.25, 0.3) is 0 Å². The quantitative estimate of drug-likeness (QED) is 0.558. The summed E-state index contributed by atoms with van der Waals surface area (Å²) in [5.74, 6) is 2.35. The summed E-state index contributed by atoms with van der Waals surface area (Å²) < 4.78 is 5.34. The van der Waals surface area contributed by atoms with Gasteiger partial charge in [-0.15, -0.1) is 12.3 Å². The monoisotopic (exact) mass is 216 g/mol. The molecule has 16 heavy (non-hydrogen) atoms. The Kier molecular flexibility index (Phi) is 5.15. The van der Waals surface area contributed by atoms with Crippen molar-refractivity contribution in [1.29, 1.82) is 0 Å². The summed E-state index contributed by atoms with van der Waals surface area (Å²) in [5, 5.41) is 0. The highest BCUT2D eigenvalue weighted by atomic mass is 16.5. The van der Waals surface area contributed by atoms with Crippen LogP contribution < -0.4 is 0 Å². The van der Waals surface area contributed by atoms with E-state index in [1.807, 2.05) is 37.3 Å². The van der Waals surface area contributed by atoms with Crippen LogP contribution in [-0.2, 0) is 9.53 Å². The maximum Gasteiger partial charge on any atom is 0.306 e. The predicted octanol–water partition coefficient (Wildman–Crippen LogP) is 3.09. The van der Waals surface area contributed by atoms with E-state index >= 15 is 0 Å². The molecular weight excluding hydrogens is 200 g/mol. The zero-order valence-electron chi connectivity index (χ0n) is 9.48. The number of carbonyl (C=O) groups is 1. The van der Waals surface area contributed by atoms with Gasteiger partial charge in [0, 0.05) is 6.42 Å². The Morgan fingerprint density at radius 2 is 2.12 bits per heavy atom. The Morgan fingerprint density at radius 1 is 1.44 bits per heavy atom. The molecule has 0 spiro atoms. The lowest BCUT2D eigenvalue weighted by molar-refractivity contribution is -0.149. The fraction of sp³-hybridized carbons (Fsp3) is 0.357. The molecule has 0 heterocycles. The van der Waals surface area contributed by atoms with Crippen LogP contribution in [0.15, 0.2) is 30.3 Å². The lowest BCUT2D eigenvalue weighted by atomic mass is 10.1.